The van der Waals surface area contributed by atoms with Crippen LogP contribution < -0.4 is 0 Å². The molecule has 0 aromatic rings. The Morgan fingerprint density at radius 2 is 1.72 bits per heavy atom. The zero-order chi connectivity index (χ0) is 13.6. The Morgan fingerprint density at radius 3 is 2.22 bits per heavy atom. The maximum atomic E-state index is 12.1. The highest BCUT2D eigenvalue weighted by molar-refractivity contribution is 8.22. The molecule has 102 valence electrons. The second-order valence-electron chi connectivity index (χ2n) is 3.61. The molecule has 6 heteroatoms. The van der Waals surface area contributed by atoms with Gasteiger partial charge < -0.3 is 9.47 Å². The summed E-state index contributed by atoms with van der Waals surface area (Å²) in [6.45, 7) is 5.98. The molecule has 0 atom stereocenters. The van der Waals surface area contributed by atoms with Crippen LogP contribution in [0.25, 0.3) is 0 Å². The van der Waals surface area contributed by atoms with E-state index < -0.39 is 10.0 Å². The second-order valence-corrected chi connectivity index (χ2v) is 6.49. The molecule has 0 unspecified atom stereocenters. The van der Waals surface area contributed by atoms with E-state index in [1.807, 2.05) is 0 Å². The first-order valence-corrected chi connectivity index (χ1v) is 7.84. The lowest BCUT2D eigenvalue weighted by Crippen LogP contribution is -2.33. The molecule has 0 bridgehead atoms. The summed E-state index contributed by atoms with van der Waals surface area (Å²) >= 11 is 3.04. The molecule has 0 aromatic carbocycles. The van der Waals surface area contributed by atoms with Crippen LogP contribution in [0.2, 0.25) is 0 Å². The van der Waals surface area contributed by atoms with Gasteiger partial charge in [0.15, 0.2) is 4.08 Å². The van der Waals surface area contributed by atoms with Crippen LogP contribution in [0.1, 0.15) is 20.8 Å². The Hall–Kier alpha value is -0.620. The van der Waals surface area contributed by atoms with E-state index in [-0.39, 0.29) is 5.97 Å². The van der Waals surface area contributed by atoms with E-state index in [0.29, 0.717) is 18.8 Å². The average Bonchev–Trinajstić information content (AvgIpc) is 2.79. The van der Waals surface area contributed by atoms with Gasteiger partial charge in [0, 0.05) is 17.6 Å². The van der Waals surface area contributed by atoms with Crippen molar-refractivity contribution in [1.29, 1.82) is 0 Å². The van der Waals surface area contributed by atoms with Crippen LogP contribution in [-0.2, 0) is 19.1 Å². The third kappa shape index (κ3) is 3.45. The minimum Gasteiger partial charge on any atom is -0.464 e. The molecule has 0 N–H and O–H groups in total. The first-order valence-electron chi connectivity index (χ1n) is 5.87. The van der Waals surface area contributed by atoms with Gasteiger partial charge in [0.05, 0.1) is 13.2 Å². The highest BCUT2D eigenvalue weighted by Crippen LogP contribution is 2.49. The molecule has 0 aromatic heterocycles. The molecule has 1 aliphatic rings. The highest BCUT2D eigenvalue weighted by Gasteiger charge is 2.46. The van der Waals surface area contributed by atoms with Crippen LogP contribution in [0.4, 0.5) is 0 Å². The van der Waals surface area contributed by atoms with Crippen molar-refractivity contribution in [1.82, 2.24) is 0 Å². The standard InChI is InChI=1S/C12H18O4S2/c1-4-15-10(13)8-9(3)12(11(14)16-5-2)17-6-7-18-12/h8H,4-7H2,1-3H3/b9-8+. The molecule has 0 radical (unpaired) electrons. The zero-order valence-electron chi connectivity index (χ0n) is 10.9. The van der Waals surface area contributed by atoms with Gasteiger partial charge in [-0.3, -0.25) is 0 Å². The minimum absolute atomic E-state index is 0.282. The third-order valence-electron chi connectivity index (χ3n) is 2.38. The predicted octanol–water partition coefficient (Wildman–Crippen LogP) is 2.24. The average molecular weight is 290 g/mol. The Morgan fingerprint density at radius 1 is 1.17 bits per heavy atom. The van der Waals surface area contributed by atoms with E-state index in [4.69, 9.17) is 9.47 Å². The third-order valence-corrected chi connectivity index (χ3v) is 5.95. The molecule has 1 aliphatic heterocycles. The smallest absolute Gasteiger partial charge is 0.336 e. The molecule has 1 saturated heterocycles. The van der Waals surface area contributed by atoms with E-state index in [1.165, 1.54) is 29.6 Å². The molecular formula is C12H18O4S2. The molecule has 1 rings (SSSR count). The summed E-state index contributed by atoms with van der Waals surface area (Å²) in [6.07, 6.45) is 1.39. The maximum Gasteiger partial charge on any atom is 0.336 e. The molecule has 4 nitrogen and oxygen atoms in total. The Balaban J connectivity index is 2.90. The van der Waals surface area contributed by atoms with E-state index >= 15 is 0 Å². The number of rotatable bonds is 5. The lowest BCUT2D eigenvalue weighted by atomic mass is 10.2. The molecule has 0 aliphatic carbocycles. The van der Waals surface area contributed by atoms with E-state index in [1.54, 1.807) is 20.8 Å². The summed E-state index contributed by atoms with van der Waals surface area (Å²) in [6, 6.07) is 0. The number of hydrogen-bond acceptors (Lipinski definition) is 6. The van der Waals surface area contributed by atoms with Gasteiger partial charge in [-0.2, -0.15) is 0 Å². The number of carbonyl (C=O) groups is 2. The van der Waals surface area contributed by atoms with E-state index in [0.717, 1.165) is 11.5 Å². The lowest BCUT2D eigenvalue weighted by Gasteiger charge is -2.25. The Kier molecular flexibility index (Phi) is 6.08. The summed E-state index contributed by atoms with van der Waals surface area (Å²) in [7, 11) is 0. The SMILES string of the molecule is CCOC(=O)/C=C(\C)C1(C(=O)OCC)SCCS1. The number of esters is 2. The largest absolute Gasteiger partial charge is 0.464 e. The molecule has 18 heavy (non-hydrogen) atoms. The Bertz CT molecular complexity index is 346. The number of carbonyl (C=O) groups excluding carboxylic acids is 2. The molecule has 0 spiro atoms. The fourth-order valence-corrected chi connectivity index (χ4v) is 4.60. The minimum atomic E-state index is -0.775. The van der Waals surface area contributed by atoms with E-state index in [9.17, 15) is 9.59 Å². The number of ether oxygens (including phenoxy) is 2. The topological polar surface area (TPSA) is 52.6 Å². The van der Waals surface area contributed by atoms with Crippen molar-refractivity contribution in [2.75, 3.05) is 24.7 Å². The van der Waals surface area contributed by atoms with Gasteiger partial charge >= 0.3 is 11.9 Å². The highest BCUT2D eigenvalue weighted by atomic mass is 32.2. The maximum absolute atomic E-state index is 12.1. The van der Waals surface area contributed by atoms with Gasteiger partial charge in [-0.15, -0.1) is 23.5 Å². The normalized spacial score (nSPS) is 18.5. The first kappa shape index (κ1) is 15.4. The van der Waals surface area contributed by atoms with Crippen LogP contribution in [0.3, 0.4) is 0 Å². The molecule has 1 fully saturated rings. The molecule has 0 amide bonds. The summed E-state index contributed by atoms with van der Waals surface area (Å²) in [5.74, 6) is 1.05. The summed E-state index contributed by atoms with van der Waals surface area (Å²) in [5, 5.41) is 0. The van der Waals surface area contributed by atoms with Crippen molar-refractivity contribution >= 4 is 35.5 Å². The Labute approximate surface area is 116 Å². The lowest BCUT2D eigenvalue weighted by molar-refractivity contribution is -0.142. The van der Waals surface area contributed by atoms with Gasteiger partial charge in [0.25, 0.3) is 0 Å². The monoisotopic (exact) mass is 290 g/mol. The van der Waals surface area contributed by atoms with Crippen LogP contribution in [0, 0.1) is 0 Å². The van der Waals surface area contributed by atoms with Gasteiger partial charge in [-0.25, -0.2) is 9.59 Å². The second kappa shape index (κ2) is 7.09. The van der Waals surface area contributed by atoms with Crippen LogP contribution >= 0.6 is 23.5 Å². The van der Waals surface area contributed by atoms with Crippen LogP contribution in [0.5, 0.6) is 0 Å². The van der Waals surface area contributed by atoms with Crippen molar-refractivity contribution < 1.29 is 19.1 Å². The summed E-state index contributed by atoms with van der Waals surface area (Å²) in [5.41, 5.74) is 0.687. The van der Waals surface area contributed by atoms with Crippen LogP contribution in [-0.4, -0.2) is 40.7 Å². The summed E-state index contributed by atoms with van der Waals surface area (Å²) in [4.78, 5) is 23.6. The van der Waals surface area contributed by atoms with Gasteiger partial charge in [-0.1, -0.05) is 0 Å². The van der Waals surface area contributed by atoms with Gasteiger partial charge in [-0.05, 0) is 26.3 Å². The van der Waals surface area contributed by atoms with Crippen molar-refractivity contribution in [2.45, 2.75) is 24.9 Å². The number of thioether (sulfide) groups is 2. The summed E-state index contributed by atoms with van der Waals surface area (Å²) < 4.78 is 9.21. The fourth-order valence-electron chi connectivity index (χ4n) is 1.60. The van der Waals surface area contributed by atoms with Crippen molar-refractivity contribution in [2.24, 2.45) is 0 Å². The fraction of sp³-hybridized carbons (Fsp3) is 0.667. The van der Waals surface area contributed by atoms with Gasteiger partial charge in [0.1, 0.15) is 0 Å². The van der Waals surface area contributed by atoms with Gasteiger partial charge in [0.2, 0.25) is 0 Å². The molecular weight excluding hydrogens is 272 g/mol. The van der Waals surface area contributed by atoms with Crippen molar-refractivity contribution in [3.8, 4) is 0 Å². The predicted molar refractivity (Wildman–Crippen MR) is 74.7 cm³/mol. The molecule has 0 saturated carbocycles. The van der Waals surface area contributed by atoms with E-state index in [2.05, 4.69) is 0 Å². The molecule has 1 heterocycles. The quantitative estimate of drug-likeness (QED) is 0.572. The van der Waals surface area contributed by atoms with Crippen LogP contribution in [0.15, 0.2) is 11.6 Å². The first-order chi connectivity index (χ1) is 8.56. The number of hydrogen-bond donors (Lipinski definition) is 0. The zero-order valence-corrected chi connectivity index (χ0v) is 12.5. The van der Waals surface area contributed by atoms with Crippen molar-refractivity contribution in [3.05, 3.63) is 11.6 Å². The van der Waals surface area contributed by atoms with Crippen molar-refractivity contribution in [3.63, 3.8) is 0 Å².